The van der Waals surface area contributed by atoms with Crippen molar-refractivity contribution in [2.24, 2.45) is 0 Å². The number of hydrogen-bond donors (Lipinski definition) is 1. The van der Waals surface area contributed by atoms with Gasteiger partial charge in [0.05, 0.1) is 34.4 Å². The zero-order valence-electron chi connectivity index (χ0n) is 39.1. The van der Waals surface area contributed by atoms with Crippen LogP contribution in [0.4, 0.5) is 0 Å². The van der Waals surface area contributed by atoms with Crippen LogP contribution in [0.15, 0.2) is 109 Å². The molecule has 0 bridgehead atoms. The zero-order chi connectivity index (χ0) is 44.9. The predicted octanol–water partition coefficient (Wildman–Crippen LogP) is 13.2. The van der Waals surface area contributed by atoms with Gasteiger partial charge in [-0.15, -0.1) is 0 Å². The summed E-state index contributed by atoms with van der Waals surface area (Å²) in [4.78, 5) is 37.1. The molecule has 0 aromatic heterocycles. The summed E-state index contributed by atoms with van der Waals surface area (Å²) >= 11 is 0. The Labute approximate surface area is 372 Å². The SMILES string of the molecule is CC/C=C/C/C=C/C/C=C/C/C=C/CCCCCCCCC(=O)OC(COCCC(C(=O)O)[N+](C)(C)C)COC(=O)CCCCCCC/C=C/C=C/C=C/C=C/C=C/CCC. The molecule has 344 valence electrons. The van der Waals surface area contributed by atoms with Crippen molar-refractivity contribution in [1.29, 1.82) is 0 Å². The molecular formula is C53H86NO7+. The summed E-state index contributed by atoms with van der Waals surface area (Å²) in [5.41, 5.74) is 0. The molecule has 2 unspecified atom stereocenters. The van der Waals surface area contributed by atoms with Gasteiger partial charge in [0.15, 0.2) is 12.1 Å². The standard InChI is InChI=1S/C53H85NO7/c1-6-8-10-12-14-16-18-20-22-24-26-28-30-32-34-36-38-40-42-44-52(56)61-49(47-59-46-45-50(53(57)58)54(3,4)5)48-60-51(55)43-41-39-37-35-33-31-29-27-25-23-21-19-17-15-13-11-9-7-2/h8,10-11,13-17,19-23,25-29,49-50H,6-7,9,12,18,24,30-48H2,1-5H3/p+1/b10-8+,13-11+,16-14+,17-15+,21-19+,22-20+,25-23+,28-26+,29-27+. The molecule has 0 saturated heterocycles. The van der Waals surface area contributed by atoms with Gasteiger partial charge in [0, 0.05) is 19.3 Å². The number of ether oxygens (including phenoxy) is 3. The average Bonchev–Trinajstić information content (AvgIpc) is 3.22. The number of hydrogen-bond acceptors (Lipinski definition) is 6. The number of carboxylic acids is 1. The molecule has 61 heavy (non-hydrogen) atoms. The van der Waals surface area contributed by atoms with Crippen LogP contribution in [0, 0.1) is 0 Å². The van der Waals surface area contributed by atoms with Crippen molar-refractivity contribution in [3.63, 3.8) is 0 Å². The van der Waals surface area contributed by atoms with Gasteiger partial charge < -0.3 is 23.8 Å². The number of rotatable bonds is 40. The summed E-state index contributed by atoms with van der Waals surface area (Å²) in [5, 5.41) is 9.64. The Balaban J connectivity index is 4.42. The molecule has 2 atom stereocenters. The van der Waals surface area contributed by atoms with E-state index in [1.165, 1.54) is 19.3 Å². The normalized spacial score (nSPS) is 13.9. The second kappa shape index (κ2) is 42.7. The van der Waals surface area contributed by atoms with Crippen LogP contribution in [-0.2, 0) is 28.6 Å². The van der Waals surface area contributed by atoms with Crippen LogP contribution in [0.5, 0.6) is 0 Å². The number of carbonyl (C=O) groups excluding carboxylic acids is 2. The highest BCUT2D eigenvalue weighted by atomic mass is 16.6. The van der Waals surface area contributed by atoms with E-state index in [0.717, 1.165) is 103 Å². The van der Waals surface area contributed by atoms with Crippen LogP contribution in [0.2, 0.25) is 0 Å². The fourth-order valence-corrected chi connectivity index (χ4v) is 6.17. The summed E-state index contributed by atoms with van der Waals surface area (Å²) in [6.45, 7) is 4.47. The minimum absolute atomic E-state index is 0.0388. The molecule has 0 aliphatic heterocycles. The fourth-order valence-electron chi connectivity index (χ4n) is 6.17. The van der Waals surface area contributed by atoms with E-state index in [4.69, 9.17) is 14.2 Å². The molecule has 8 nitrogen and oxygen atoms in total. The second-order valence-electron chi connectivity index (χ2n) is 16.4. The number of carboxylic acid groups (broad SMARTS) is 1. The first-order valence-electron chi connectivity index (χ1n) is 23.5. The van der Waals surface area contributed by atoms with Gasteiger partial charge in [0.1, 0.15) is 6.61 Å². The molecule has 1 N–H and O–H groups in total. The molecule has 0 fully saturated rings. The van der Waals surface area contributed by atoms with Crippen molar-refractivity contribution >= 4 is 17.9 Å². The molecule has 0 rings (SSSR count). The van der Waals surface area contributed by atoms with Crippen molar-refractivity contribution in [2.45, 2.75) is 167 Å². The van der Waals surface area contributed by atoms with Gasteiger partial charge in [0.2, 0.25) is 0 Å². The van der Waals surface area contributed by atoms with Crippen molar-refractivity contribution in [3.05, 3.63) is 109 Å². The van der Waals surface area contributed by atoms with E-state index < -0.39 is 18.1 Å². The fraction of sp³-hybridized carbons (Fsp3) is 0.604. The number of esters is 2. The van der Waals surface area contributed by atoms with Crippen LogP contribution in [-0.4, -0.2) is 80.6 Å². The number of carbonyl (C=O) groups is 3. The Hall–Kier alpha value is -4.01. The number of likely N-dealkylation sites (N-methyl/N-ethyl adjacent to an activating group) is 1. The first-order valence-corrected chi connectivity index (χ1v) is 23.5. The quantitative estimate of drug-likeness (QED) is 0.0215. The van der Waals surface area contributed by atoms with Crippen molar-refractivity contribution in [2.75, 3.05) is 41.0 Å². The van der Waals surface area contributed by atoms with Crippen molar-refractivity contribution < 1.29 is 38.2 Å². The van der Waals surface area contributed by atoms with E-state index in [1.807, 2.05) is 57.6 Å². The third kappa shape index (κ3) is 41.1. The summed E-state index contributed by atoms with van der Waals surface area (Å²) in [6, 6.07) is -0.629. The largest absolute Gasteiger partial charge is 0.477 e. The maximum Gasteiger partial charge on any atom is 0.362 e. The zero-order valence-corrected chi connectivity index (χ0v) is 39.1. The van der Waals surface area contributed by atoms with E-state index >= 15 is 0 Å². The number of aliphatic carboxylic acids is 1. The van der Waals surface area contributed by atoms with Crippen LogP contribution >= 0.6 is 0 Å². The minimum Gasteiger partial charge on any atom is -0.477 e. The van der Waals surface area contributed by atoms with E-state index in [1.54, 1.807) is 0 Å². The summed E-state index contributed by atoms with van der Waals surface area (Å²) < 4.78 is 17.3. The molecule has 0 aliphatic rings. The highest BCUT2D eigenvalue weighted by Gasteiger charge is 2.31. The molecular weight excluding hydrogens is 763 g/mol. The summed E-state index contributed by atoms with van der Waals surface area (Å²) in [6.07, 6.45) is 58.4. The third-order valence-corrected chi connectivity index (χ3v) is 9.77. The topological polar surface area (TPSA) is 99.1 Å². The number of allylic oxidation sites excluding steroid dienone is 18. The molecule has 0 radical (unpaired) electrons. The van der Waals surface area contributed by atoms with Crippen LogP contribution in [0.1, 0.15) is 155 Å². The number of quaternary nitrogens is 1. The van der Waals surface area contributed by atoms with Gasteiger partial charge in [-0.1, -0.05) is 175 Å². The second-order valence-corrected chi connectivity index (χ2v) is 16.4. The van der Waals surface area contributed by atoms with Gasteiger partial charge >= 0.3 is 17.9 Å². The lowest BCUT2D eigenvalue weighted by Crippen LogP contribution is -2.50. The number of unbranched alkanes of at least 4 members (excludes halogenated alkanes) is 12. The molecule has 8 heteroatoms. The van der Waals surface area contributed by atoms with Crippen molar-refractivity contribution in [1.82, 2.24) is 0 Å². The highest BCUT2D eigenvalue weighted by Crippen LogP contribution is 2.13. The molecule has 0 heterocycles. The van der Waals surface area contributed by atoms with Crippen LogP contribution in [0.3, 0.4) is 0 Å². The maximum absolute atomic E-state index is 12.8. The Morgan fingerprint density at radius 3 is 1.51 bits per heavy atom. The highest BCUT2D eigenvalue weighted by molar-refractivity contribution is 5.72. The Morgan fingerprint density at radius 2 is 0.984 bits per heavy atom. The van der Waals surface area contributed by atoms with Gasteiger partial charge in [-0.25, -0.2) is 4.79 Å². The first-order chi connectivity index (χ1) is 29.6. The summed E-state index contributed by atoms with van der Waals surface area (Å²) in [7, 11) is 5.50. The first kappa shape index (κ1) is 57.0. The summed E-state index contributed by atoms with van der Waals surface area (Å²) in [5.74, 6) is -1.53. The molecule has 0 aromatic carbocycles. The average molecular weight is 849 g/mol. The van der Waals surface area contributed by atoms with Gasteiger partial charge in [-0.3, -0.25) is 9.59 Å². The minimum atomic E-state index is -0.887. The molecule has 0 aliphatic carbocycles. The lowest BCUT2D eigenvalue weighted by molar-refractivity contribution is -0.887. The predicted molar refractivity (Wildman–Crippen MR) is 256 cm³/mol. The Kier molecular flexibility index (Phi) is 39.9. The van der Waals surface area contributed by atoms with Crippen LogP contribution in [0.25, 0.3) is 0 Å². The number of nitrogens with zero attached hydrogens (tertiary/aromatic N) is 1. The van der Waals surface area contributed by atoms with Crippen molar-refractivity contribution in [3.8, 4) is 0 Å². The van der Waals surface area contributed by atoms with E-state index in [-0.39, 0.29) is 36.2 Å². The lowest BCUT2D eigenvalue weighted by Gasteiger charge is -2.31. The maximum atomic E-state index is 12.8. The van der Waals surface area contributed by atoms with E-state index in [9.17, 15) is 19.5 Å². The lowest BCUT2D eigenvalue weighted by atomic mass is 10.1. The van der Waals surface area contributed by atoms with Gasteiger partial charge in [0.25, 0.3) is 0 Å². The van der Waals surface area contributed by atoms with Gasteiger partial charge in [-0.2, -0.15) is 0 Å². The van der Waals surface area contributed by atoms with Crippen LogP contribution < -0.4 is 0 Å². The Morgan fingerprint density at radius 1 is 0.525 bits per heavy atom. The van der Waals surface area contributed by atoms with E-state index in [2.05, 4.69) is 86.8 Å². The smallest absolute Gasteiger partial charge is 0.362 e. The van der Waals surface area contributed by atoms with Gasteiger partial charge in [-0.05, 0) is 70.6 Å². The Bertz CT molecular complexity index is 1360. The molecule has 0 saturated carbocycles. The molecule has 0 aromatic rings. The molecule has 0 spiro atoms. The third-order valence-electron chi connectivity index (χ3n) is 9.77. The monoisotopic (exact) mass is 849 g/mol. The van der Waals surface area contributed by atoms with E-state index in [0.29, 0.717) is 19.3 Å². The molecule has 0 amide bonds.